The van der Waals surface area contributed by atoms with Crippen molar-refractivity contribution in [3.8, 4) is 5.75 Å². The van der Waals surface area contributed by atoms with Crippen LogP contribution in [0.1, 0.15) is 16.8 Å². The van der Waals surface area contributed by atoms with Gasteiger partial charge in [0.15, 0.2) is 0 Å². The number of anilines is 1. The Labute approximate surface area is 160 Å². The first-order chi connectivity index (χ1) is 13.4. The number of ether oxygens (including phenoxy) is 1. The molecule has 3 rings (SSSR count). The lowest BCUT2D eigenvalue weighted by Crippen LogP contribution is -2.31. The molecule has 0 spiro atoms. The maximum Gasteiger partial charge on any atom is 0.277 e. The first-order valence-corrected chi connectivity index (χ1v) is 8.51. The summed E-state index contributed by atoms with van der Waals surface area (Å²) >= 11 is 0. The molecular weight excluding hydrogens is 368 g/mol. The van der Waals surface area contributed by atoms with Gasteiger partial charge in [0.05, 0.1) is 28.6 Å². The first kappa shape index (κ1) is 19.1. The Balaban J connectivity index is 1.71. The van der Waals surface area contributed by atoms with Crippen molar-refractivity contribution in [2.75, 3.05) is 25.5 Å². The molecule has 146 valence electrons. The zero-order valence-electron chi connectivity index (χ0n) is 15.0. The maximum atomic E-state index is 12.7. The van der Waals surface area contributed by atoms with Gasteiger partial charge in [-0.25, -0.2) is 0 Å². The molecule has 0 aromatic heterocycles. The maximum absolute atomic E-state index is 12.7. The molecule has 28 heavy (non-hydrogen) atoms. The number of hydrogen-bond donors (Lipinski definition) is 1. The highest BCUT2D eigenvalue weighted by Crippen LogP contribution is 2.25. The van der Waals surface area contributed by atoms with Crippen LogP contribution in [-0.4, -0.2) is 46.9 Å². The molecule has 1 heterocycles. The predicted molar refractivity (Wildman–Crippen MR) is 101 cm³/mol. The second-order valence-electron chi connectivity index (χ2n) is 6.36. The molecular formula is C18H18N4O6. The van der Waals surface area contributed by atoms with E-state index in [-0.39, 0.29) is 11.6 Å². The van der Waals surface area contributed by atoms with Gasteiger partial charge in [-0.05, 0) is 30.7 Å². The Bertz CT molecular complexity index is 883. The third-order valence-electron chi connectivity index (χ3n) is 4.51. The van der Waals surface area contributed by atoms with Crippen LogP contribution in [0, 0.1) is 20.2 Å². The molecule has 1 amide bonds. The molecule has 0 unspecified atom stereocenters. The summed E-state index contributed by atoms with van der Waals surface area (Å²) in [5.41, 5.74) is -0.147. The number of non-ortho nitro benzene ring substituents is 2. The van der Waals surface area contributed by atoms with E-state index in [0.29, 0.717) is 19.5 Å². The van der Waals surface area contributed by atoms with Crippen LogP contribution in [0.15, 0.2) is 42.5 Å². The predicted octanol–water partition coefficient (Wildman–Crippen LogP) is 2.84. The summed E-state index contributed by atoms with van der Waals surface area (Å²) in [5, 5.41) is 25.3. The van der Waals surface area contributed by atoms with Crippen molar-refractivity contribution in [1.29, 1.82) is 0 Å². The summed E-state index contributed by atoms with van der Waals surface area (Å²) in [6, 6.07) is 10.4. The molecule has 2 aromatic rings. The summed E-state index contributed by atoms with van der Waals surface area (Å²) in [4.78, 5) is 34.8. The molecule has 0 bridgehead atoms. The molecule has 1 atom stereocenters. The van der Waals surface area contributed by atoms with Crippen LogP contribution in [-0.2, 0) is 0 Å². The number of rotatable bonds is 6. The largest absolute Gasteiger partial charge is 0.497 e. The molecule has 1 aliphatic heterocycles. The number of carbonyl (C=O) groups is 1. The van der Waals surface area contributed by atoms with E-state index < -0.39 is 27.1 Å². The van der Waals surface area contributed by atoms with Crippen LogP contribution in [0.4, 0.5) is 17.1 Å². The van der Waals surface area contributed by atoms with Gasteiger partial charge in [0, 0.05) is 37.0 Å². The molecule has 0 radical (unpaired) electrons. The van der Waals surface area contributed by atoms with Crippen molar-refractivity contribution in [2.45, 2.75) is 12.5 Å². The van der Waals surface area contributed by atoms with Gasteiger partial charge in [0.1, 0.15) is 5.75 Å². The Hall–Kier alpha value is -3.69. The fraction of sp³-hybridized carbons (Fsp3) is 0.278. The zero-order valence-corrected chi connectivity index (χ0v) is 15.0. The third-order valence-corrected chi connectivity index (χ3v) is 4.51. The van der Waals surface area contributed by atoms with E-state index in [1.807, 2.05) is 24.3 Å². The van der Waals surface area contributed by atoms with Crippen molar-refractivity contribution in [3.05, 3.63) is 68.3 Å². The van der Waals surface area contributed by atoms with Gasteiger partial charge in [-0.2, -0.15) is 0 Å². The molecule has 1 aliphatic rings. The fourth-order valence-electron chi connectivity index (χ4n) is 3.10. The minimum atomic E-state index is -0.748. The third kappa shape index (κ3) is 4.17. The van der Waals surface area contributed by atoms with Gasteiger partial charge in [-0.3, -0.25) is 25.0 Å². The number of likely N-dealkylation sites (tertiary alicyclic amines) is 1. The normalized spacial score (nSPS) is 15.9. The average Bonchev–Trinajstić information content (AvgIpc) is 3.16. The highest BCUT2D eigenvalue weighted by molar-refractivity contribution is 5.95. The van der Waals surface area contributed by atoms with Crippen LogP contribution < -0.4 is 10.1 Å². The van der Waals surface area contributed by atoms with Gasteiger partial charge in [-0.1, -0.05) is 0 Å². The van der Waals surface area contributed by atoms with E-state index in [2.05, 4.69) is 5.32 Å². The summed E-state index contributed by atoms with van der Waals surface area (Å²) in [6.45, 7) is 0.838. The Morgan fingerprint density at radius 1 is 1.11 bits per heavy atom. The number of nitro benzene ring substituents is 2. The summed E-state index contributed by atoms with van der Waals surface area (Å²) in [5.74, 6) is 0.270. The lowest BCUT2D eigenvalue weighted by molar-refractivity contribution is -0.394. The smallest absolute Gasteiger partial charge is 0.277 e. The van der Waals surface area contributed by atoms with Crippen LogP contribution in [0.3, 0.4) is 0 Å². The molecule has 1 fully saturated rings. The molecule has 1 saturated heterocycles. The van der Waals surface area contributed by atoms with Crippen molar-refractivity contribution < 1.29 is 19.4 Å². The molecule has 0 aliphatic carbocycles. The summed E-state index contributed by atoms with van der Waals surface area (Å²) in [7, 11) is 1.58. The standard InChI is InChI=1S/C18H18N4O6/c1-28-17-4-2-13(3-5-17)19-14-6-7-20(11-14)18(23)12-8-15(21(24)25)10-16(9-12)22(26)27/h2-5,8-10,14,19H,6-7,11H2,1H3/t14-/m1/s1. The second kappa shape index (κ2) is 7.91. The molecule has 10 heteroatoms. The highest BCUT2D eigenvalue weighted by atomic mass is 16.6. The molecule has 1 N–H and O–H groups in total. The summed E-state index contributed by atoms with van der Waals surface area (Å²) < 4.78 is 5.11. The van der Waals surface area contributed by atoms with Crippen LogP contribution in [0.25, 0.3) is 0 Å². The van der Waals surface area contributed by atoms with Crippen molar-refractivity contribution in [2.24, 2.45) is 0 Å². The van der Waals surface area contributed by atoms with Crippen molar-refractivity contribution >= 4 is 23.0 Å². The van der Waals surface area contributed by atoms with E-state index in [4.69, 9.17) is 4.74 Å². The Kier molecular flexibility index (Phi) is 5.39. The highest BCUT2D eigenvalue weighted by Gasteiger charge is 2.29. The number of nitrogens with one attached hydrogen (secondary N) is 1. The SMILES string of the molecule is COc1ccc(N[C@@H]2CCN(C(=O)c3cc([N+](=O)[O-])cc([N+](=O)[O-])c3)C2)cc1. The lowest BCUT2D eigenvalue weighted by atomic mass is 10.1. The Morgan fingerprint density at radius 2 is 1.71 bits per heavy atom. The number of hydrogen-bond acceptors (Lipinski definition) is 7. The second-order valence-corrected chi connectivity index (χ2v) is 6.36. The van der Waals surface area contributed by atoms with E-state index in [1.54, 1.807) is 7.11 Å². The number of carbonyl (C=O) groups excluding carboxylic acids is 1. The van der Waals surface area contributed by atoms with E-state index in [9.17, 15) is 25.0 Å². The van der Waals surface area contributed by atoms with Crippen LogP contribution in [0.2, 0.25) is 0 Å². The average molecular weight is 386 g/mol. The number of benzene rings is 2. The van der Waals surface area contributed by atoms with E-state index in [0.717, 1.165) is 29.6 Å². The number of nitrogens with zero attached hydrogens (tertiary/aromatic N) is 3. The number of amides is 1. The first-order valence-electron chi connectivity index (χ1n) is 8.51. The fourth-order valence-corrected chi connectivity index (χ4v) is 3.10. The van der Waals surface area contributed by atoms with Gasteiger partial charge in [-0.15, -0.1) is 0 Å². The topological polar surface area (TPSA) is 128 Å². The Morgan fingerprint density at radius 3 is 2.25 bits per heavy atom. The molecule has 0 saturated carbocycles. The van der Waals surface area contributed by atoms with E-state index in [1.165, 1.54) is 4.90 Å². The van der Waals surface area contributed by atoms with Crippen LogP contribution >= 0.6 is 0 Å². The van der Waals surface area contributed by atoms with Crippen LogP contribution in [0.5, 0.6) is 5.75 Å². The van der Waals surface area contributed by atoms with Gasteiger partial charge in [0.2, 0.25) is 0 Å². The minimum absolute atomic E-state index is 0.00558. The minimum Gasteiger partial charge on any atom is -0.497 e. The number of methoxy groups -OCH3 is 1. The summed E-state index contributed by atoms with van der Waals surface area (Å²) in [6.07, 6.45) is 0.689. The lowest BCUT2D eigenvalue weighted by Gasteiger charge is -2.18. The van der Waals surface area contributed by atoms with E-state index >= 15 is 0 Å². The monoisotopic (exact) mass is 386 g/mol. The van der Waals surface area contributed by atoms with Gasteiger partial charge >= 0.3 is 0 Å². The molecule has 10 nitrogen and oxygen atoms in total. The molecule has 2 aromatic carbocycles. The zero-order chi connectivity index (χ0) is 20.3. The quantitative estimate of drug-likeness (QED) is 0.597. The van der Waals surface area contributed by atoms with Gasteiger partial charge in [0.25, 0.3) is 17.3 Å². The van der Waals surface area contributed by atoms with Crippen molar-refractivity contribution in [1.82, 2.24) is 4.90 Å². The van der Waals surface area contributed by atoms with Gasteiger partial charge < -0.3 is 15.0 Å². The number of nitro groups is 2. The van der Waals surface area contributed by atoms with Crippen molar-refractivity contribution in [3.63, 3.8) is 0 Å².